The first-order valence-electron chi connectivity index (χ1n) is 6.24. The van der Waals surface area contributed by atoms with Crippen LogP contribution in [0, 0.1) is 6.92 Å². The number of nitrogens with two attached hydrogens (primary N) is 3. The van der Waals surface area contributed by atoms with E-state index in [-0.39, 0.29) is 0 Å². The summed E-state index contributed by atoms with van der Waals surface area (Å²) in [5.74, 6) is 0.589. The first kappa shape index (κ1) is 12.8. The van der Waals surface area contributed by atoms with Crippen molar-refractivity contribution in [3.63, 3.8) is 0 Å². The van der Waals surface area contributed by atoms with Crippen LogP contribution >= 0.6 is 0 Å². The number of rotatable bonds is 4. The normalized spacial score (nSPS) is 11.1. The van der Waals surface area contributed by atoms with Gasteiger partial charge in [0.1, 0.15) is 5.82 Å². The van der Waals surface area contributed by atoms with E-state index in [1.54, 1.807) is 0 Å². The lowest BCUT2D eigenvalue weighted by atomic mass is 9.99. The summed E-state index contributed by atoms with van der Waals surface area (Å²) in [5, 5.41) is 1.15. The third-order valence-corrected chi connectivity index (χ3v) is 3.16. The number of nitrogens with zero attached hydrogens (tertiary/aromatic N) is 1. The second kappa shape index (κ2) is 5.33. The fraction of sp³-hybridized carbons (Fsp3) is 0.357. The molecule has 18 heavy (non-hydrogen) atoms. The molecule has 4 heteroatoms. The molecule has 0 saturated heterocycles. The number of hydrogen-bond donors (Lipinski definition) is 3. The molecule has 1 aromatic heterocycles. The lowest BCUT2D eigenvalue weighted by molar-refractivity contribution is 0.947. The molecular formula is C14H20N4. The molecule has 2 rings (SSSR count). The molecule has 0 amide bonds. The first-order valence-corrected chi connectivity index (χ1v) is 6.24. The third-order valence-electron chi connectivity index (χ3n) is 3.16. The van der Waals surface area contributed by atoms with Gasteiger partial charge >= 0.3 is 0 Å². The quantitative estimate of drug-likeness (QED) is 0.752. The minimum absolute atomic E-state index is 0.589. The summed E-state index contributed by atoms with van der Waals surface area (Å²) in [7, 11) is 0. The number of aromatic nitrogens is 1. The van der Waals surface area contributed by atoms with Gasteiger partial charge in [-0.05, 0) is 61.7 Å². The maximum Gasteiger partial charge on any atom is 0.127 e. The van der Waals surface area contributed by atoms with Crippen LogP contribution < -0.4 is 17.2 Å². The summed E-state index contributed by atoms with van der Waals surface area (Å²) < 4.78 is 0. The molecule has 6 N–H and O–H groups in total. The van der Waals surface area contributed by atoms with E-state index < -0.39 is 0 Å². The summed E-state index contributed by atoms with van der Waals surface area (Å²) in [6, 6.07) is 6.34. The zero-order valence-corrected chi connectivity index (χ0v) is 10.7. The van der Waals surface area contributed by atoms with E-state index in [0.29, 0.717) is 18.9 Å². The van der Waals surface area contributed by atoms with Crippen molar-refractivity contribution in [3.8, 4) is 0 Å². The van der Waals surface area contributed by atoms with E-state index >= 15 is 0 Å². The monoisotopic (exact) mass is 244 g/mol. The van der Waals surface area contributed by atoms with Gasteiger partial charge in [-0.25, -0.2) is 4.98 Å². The number of anilines is 1. The van der Waals surface area contributed by atoms with Gasteiger partial charge in [-0.15, -0.1) is 0 Å². The number of pyridine rings is 1. The molecule has 0 atom stereocenters. The van der Waals surface area contributed by atoms with Crippen molar-refractivity contribution in [1.29, 1.82) is 0 Å². The van der Waals surface area contributed by atoms with Crippen LogP contribution in [-0.4, -0.2) is 18.1 Å². The van der Waals surface area contributed by atoms with Crippen molar-refractivity contribution in [2.75, 3.05) is 18.8 Å². The van der Waals surface area contributed by atoms with Crippen LogP contribution in [0.1, 0.15) is 16.7 Å². The Morgan fingerprint density at radius 1 is 1.06 bits per heavy atom. The highest BCUT2D eigenvalue weighted by atomic mass is 14.8. The maximum absolute atomic E-state index is 5.87. The summed E-state index contributed by atoms with van der Waals surface area (Å²) in [5.41, 5.74) is 21.5. The molecule has 4 nitrogen and oxygen atoms in total. The highest BCUT2D eigenvalue weighted by Gasteiger charge is 2.07. The van der Waals surface area contributed by atoms with Crippen molar-refractivity contribution >= 4 is 16.7 Å². The van der Waals surface area contributed by atoms with Gasteiger partial charge in [0.15, 0.2) is 0 Å². The summed E-state index contributed by atoms with van der Waals surface area (Å²) in [6.45, 7) is 3.24. The van der Waals surface area contributed by atoms with Gasteiger partial charge in [0.05, 0.1) is 5.52 Å². The number of benzene rings is 1. The van der Waals surface area contributed by atoms with Gasteiger partial charge in [-0.3, -0.25) is 0 Å². The second-order valence-corrected chi connectivity index (χ2v) is 4.59. The maximum atomic E-state index is 5.87. The Hall–Kier alpha value is -1.65. The molecule has 1 aromatic carbocycles. The van der Waals surface area contributed by atoms with Gasteiger partial charge in [-0.1, -0.05) is 6.07 Å². The Labute approximate surface area is 107 Å². The van der Waals surface area contributed by atoms with Crippen LogP contribution in [0.15, 0.2) is 18.2 Å². The van der Waals surface area contributed by atoms with E-state index in [0.717, 1.165) is 29.3 Å². The fourth-order valence-corrected chi connectivity index (χ4v) is 2.20. The van der Waals surface area contributed by atoms with Gasteiger partial charge in [0, 0.05) is 5.39 Å². The first-order chi connectivity index (χ1) is 8.65. The van der Waals surface area contributed by atoms with Crippen LogP contribution in [0.4, 0.5) is 5.82 Å². The minimum Gasteiger partial charge on any atom is -0.383 e. The molecule has 96 valence electrons. The van der Waals surface area contributed by atoms with Crippen LogP contribution in [0.2, 0.25) is 0 Å². The second-order valence-electron chi connectivity index (χ2n) is 4.59. The highest BCUT2D eigenvalue weighted by Crippen LogP contribution is 2.24. The van der Waals surface area contributed by atoms with Crippen LogP contribution in [0.3, 0.4) is 0 Å². The molecular weight excluding hydrogens is 224 g/mol. The number of hydrogen-bond acceptors (Lipinski definition) is 4. The Morgan fingerprint density at radius 2 is 1.78 bits per heavy atom. The molecule has 0 saturated carbocycles. The molecule has 0 aliphatic rings. The van der Waals surface area contributed by atoms with Gasteiger partial charge < -0.3 is 17.2 Å². The predicted octanol–water partition coefficient (Wildman–Crippen LogP) is 1.13. The Bertz CT molecular complexity index is 563. The van der Waals surface area contributed by atoms with Crippen LogP contribution in [-0.2, 0) is 12.8 Å². The van der Waals surface area contributed by atoms with E-state index in [2.05, 4.69) is 23.2 Å². The molecule has 0 fully saturated rings. The molecule has 0 aliphatic carbocycles. The molecule has 0 spiro atoms. The Kier molecular flexibility index (Phi) is 3.79. The molecule has 2 aromatic rings. The average molecular weight is 244 g/mol. The molecule has 0 unspecified atom stereocenters. The standard InChI is InChI=1S/C14H20N4/c1-9-6-12-11(3-5-16)7-10(2-4-15)8-13(12)18-14(9)17/h6-8H,2-5,15-16H2,1H3,(H2,17,18). The van der Waals surface area contributed by atoms with Crippen molar-refractivity contribution in [3.05, 3.63) is 34.9 Å². The van der Waals surface area contributed by atoms with E-state index in [4.69, 9.17) is 17.2 Å². The number of fused-ring (bicyclic) bond motifs is 1. The lowest BCUT2D eigenvalue weighted by Crippen LogP contribution is -2.07. The van der Waals surface area contributed by atoms with Crippen molar-refractivity contribution in [1.82, 2.24) is 4.98 Å². The fourth-order valence-electron chi connectivity index (χ4n) is 2.20. The molecule has 0 bridgehead atoms. The zero-order valence-electron chi connectivity index (χ0n) is 10.7. The topological polar surface area (TPSA) is 91.0 Å². The van der Waals surface area contributed by atoms with E-state index in [1.165, 1.54) is 11.1 Å². The third kappa shape index (κ3) is 2.44. The van der Waals surface area contributed by atoms with Crippen LogP contribution in [0.5, 0.6) is 0 Å². The van der Waals surface area contributed by atoms with Crippen LogP contribution in [0.25, 0.3) is 10.9 Å². The number of nitrogen functional groups attached to an aromatic ring is 1. The Balaban J connectivity index is 2.64. The molecule has 1 heterocycles. The minimum atomic E-state index is 0.589. The van der Waals surface area contributed by atoms with Crippen molar-refractivity contribution in [2.45, 2.75) is 19.8 Å². The number of aryl methyl sites for hydroxylation is 1. The molecule has 0 aliphatic heterocycles. The lowest BCUT2D eigenvalue weighted by Gasteiger charge is -2.11. The largest absolute Gasteiger partial charge is 0.383 e. The van der Waals surface area contributed by atoms with Crippen molar-refractivity contribution < 1.29 is 0 Å². The van der Waals surface area contributed by atoms with Gasteiger partial charge in [0.25, 0.3) is 0 Å². The van der Waals surface area contributed by atoms with E-state index in [1.807, 2.05) is 6.92 Å². The average Bonchev–Trinajstić information content (AvgIpc) is 2.32. The summed E-state index contributed by atoms with van der Waals surface area (Å²) in [6.07, 6.45) is 1.70. The Morgan fingerprint density at radius 3 is 2.44 bits per heavy atom. The summed E-state index contributed by atoms with van der Waals surface area (Å²) in [4.78, 5) is 4.46. The molecule has 0 radical (unpaired) electrons. The SMILES string of the molecule is Cc1cc2c(CCN)cc(CCN)cc2nc1N. The highest BCUT2D eigenvalue weighted by molar-refractivity contribution is 5.85. The van der Waals surface area contributed by atoms with Gasteiger partial charge in [0.2, 0.25) is 0 Å². The van der Waals surface area contributed by atoms with E-state index in [9.17, 15) is 0 Å². The van der Waals surface area contributed by atoms with Gasteiger partial charge in [-0.2, -0.15) is 0 Å². The predicted molar refractivity (Wildman–Crippen MR) is 76.4 cm³/mol. The zero-order chi connectivity index (χ0) is 13.1. The summed E-state index contributed by atoms with van der Waals surface area (Å²) >= 11 is 0. The van der Waals surface area contributed by atoms with Crippen molar-refractivity contribution in [2.24, 2.45) is 11.5 Å². The smallest absolute Gasteiger partial charge is 0.127 e.